The summed E-state index contributed by atoms with van der Waals surface area (Å²) in [4.78, 5) is 11.9. The largest absolute Gasteiger partial charge is 0.368 e. The van der Waals surface area contributed by atoms with Gasteiger partial charge in [0.1, 0.15) is 0 Å². The van der Waals surface area contributed by atoms with Crippen LogP contribution in [0.15, 0.2) is 5.16 Å². The maximum absolute atomic E-state index is 5.57. The molecular formula is C13H25N5S7. The lowest BCUT2D eigenvalue weighted by atomic mass is 10.5. The molecule has 0 amide bonds. The molecule has 0 saturated heterocycles. The predicted molar refractivity (Wildman–Crippen MR) is 131 cm³/mol. The highest BCUT2D eigenvalue weighted by Gasteiger charge is 2.12. The molecule has 0 bridgehead atoms. The van der Waals surface area contributed by atoms with Crippen LogP contribution in [-0.2, 0) is 0 Å². The average Bonchev–Trinajstić information content (AvgIpc) is 2.59. The quantitative estimate of drug-likeness (QED) is 0.158. The highest BCUT2D eigenvalue weighted by molar-refractivity contribution is 8.06. The first-order valence-electron chi connectivity index (χ1n) is 7.62. The highest BCUT2D eigenvalue weighted by atomic mass is 32.2. The van der Waals surface area contributed by atoms with Crippen LogP contribution in [0.2, 0.25) is 0 Å². The van der Waals surface area contributed by atoms with Gasteiger partial charge in [-0.1, -0.05) is 11.8 Å². The van der Waals surface area contributed by atoms with E-state index >= 15 is 0 Å². The number of hydrogen-bond donors (Lipinski definition) is 5. The van der Waals surface area contributed by atoms with Crippen LogP contribution in [0.4, 0.5) is 11.9 Å². The van der Waals surface area contributed by atoms with Crippen LogP contribution in [-0.4, -0.2) is 71.5 Å². The van der Waals surface area contributed by atoms with Crippen molar-refractivity contribution in [1.82, 2.24) is 15.0 Å². The van der Waals surface area contributed by atoms with Crippen LogP contribution in [0.1, 0.15) is 0 Å². The van der Waals surface area contributed by atoms with E-state index < -0.39 is 0 Å². The predicted octanol–water partition coefficient (Wildman–Crippen LogP) is 2.85. The van der Waals surface area contributed by atoms with E-state index in [-0.39, 0.29) is 11.9 Å². The molecule has 0 radical (unpaired) electrons. The molecule has 4 N–H and O–H groups in total. The molecule has 1 heterocycles. The van der Waals surface area contributed by atoms with E-state index in [1.54, 1.807) is 11.8 Å². The van der Waals surface area contributed by atoms with E-state index in [0.717, 1.165) is 46.0 Å². The molecule has 1 aromatic heterocycles. The smallest absolute Gasteiger partial charge is 0.225 e. The van der Waals surface area contributed by atoms with Gasteiger partial charge in [-0.2, -0.15) is 88.1 Å². The zero-order valence-corrected chi connectivity index (χ0v) is 19.7. The molecule has 0 aliphatic carbocycles. The molecule has 0 fully saturated rings. The highest BCUT2D eigenvalue weighted by Crippen LogP contribution is 2.24. The minimum Gasteiger partial charge on any atom is -0.368 e. The Hall–Kier alpha value is 1.06. The molecular weight excluding hydrogens is 451 g/mol. The summed E-state index contributed by atoms with van der Waals surface area (Å²) in [5, 5.41) is 1.72. The van der Waals surface area contributed by atoms with Gasteiger partial charge in [0.15, 0.2) is 5.16 Å². The summed E-state index contributed by atoms with van der Waals surface area (Å²) in [7, 11) is 0. The van der Waals surface area contributed by atoms with Gasteiger partial charge in [-0.3, -0.25) is 0 Å². The number of nitrogens with zero attached hydrogens (tertiary/aromatic N) is 3. The van der Waals surface area contributed by atoms with Crippen molar-refractivity contribution in [2.24, 2.45) is 0 Å². The summed E-state index contributed by atoms with van der Waals surface area (Å²) in [5.74, 6) is 8.28. The van der Waals surface area contributed by atoms with E-state index in [1.165, 1.54) is 0 Å². The van der Waals surface area contributed by atoms with Gasteiger partial charge in [0.05, 0.1) is 0 Å². The number of nitrogen functional groups attached to an aromatic ring is 2. The van der Waals surface area contributed by atoms with Crippen LogP contribution >= 0.6 is 84.9 Å². The van der Waals surface area contributed by atoms with Crippen molar-refractivity contribution in [3.63, 3.8) is 0 Å². The number of rotatable bonds is 14. The molecule has 0 spiro atoms. The first-order chi connectivity index (χ1) is 12.1. The molecule has 25 heavy (non-hydrogen) atoms. The van der Waals surface area contributed by atoms with Gasteiger partial charge >= 0.3 is 0 Å². The lowest BCUT2D eigenvalue weighted by Crippen LogP contribution is -2.15. The molecule has 5 nitrogen and oxygen atoms in total. The SMILES string of the molecule is Nc1nc(N)nc(SCCSC(CS)CSCC(CS)SCCS)n1. The molecule has 0 aromatic carbocycles. The number of anilines is 2. The van der Waals surface area contributed by atoms with Crippen molar-refractivity contribution < 1.29 is 0 Å². The van der Waals surface area contributed by atoms with Gasteiger partial charge in [-0.15, -0.1) is 0 Å². The third-order valence-corrected chi connectivity index (χ3v) is 9.97. The van der Waals surface area contributed by atoms with E-state index in [1.807, 2.05) is 35.3 Å². The van der Waals surface area contributed by atoms with Gasteiger partial charge in [0, 0.05) is 50.8 Å². The Bertz CT molecular complexity index is 462. The topological polar surface area (TPSA) is 90.7 Å². The van der Waals surface area contributed by atoms with Crippen molar-refractivity contribution in [2.75, 3.05) is 57.5 Å². The zero-order valence-electron chi connectivity index (χ0n) is 13.8. The second-order valence-electron chi connectivity index (χ2n) is 4.79. The lowest BCUT2D eigenvalue weighted by Gasteiger charge is -2.17. The molecule has 0 aliphatic rings. The molecule has 2 unspecified atom stereocenters. The Morgan fingerprint density at radius 3 is 1.88 bits per heavy atom. The average molecular weight is 476 g/mol. The van der Waals surface area contributed by atoms with Crippen molar-refractivity contribution >= 4 is 96.8 Å². The third-order valence-electron chi connectivity index (χ3n) is 2.78. The van der Waals surface area contributed by atoms with Crippen LogP contribution < -0.4 is 11.5 Å². The van der Waals surface area contributed by atoms with Crippen molar-refractivity contribution in [3.8, 4) is 0 Å². The number of aromatic nitrogens is 3. The van der Waals surface area contributed by atoms with Gasteiger partial charge in [-0.05, 0) is 5.75 Å². The fraction of sp³-hybridized carbons (Fsp3) is 0.769. The lowest BCUT2D eigenvalue weighted by molar-refractivity contribution is 0.930. The fourth-order valence-corrected chi connectivity index (χ4v) is 7.66. The number of hydrogen-bond acceptors (Lipinski definition) is 12. The number of thiol groups is 3. The van der Waals surface area contributed by atoms with Crippen LogP contribution in [0.5, 0.6) is 0 Å². The Labute approximate surface area is 183 Å². The van der Waals surface area contributed by atoms with Gasteiger partial charge < -0.3 is 11.5 Å². The van der Waals surface area contributed by atoms with Gasteiger partial charge in [0.25, 0.3) is 0 Å². The van der Waals surface area contributed by atoms with E-state index in [0.29, 0.717) is 15.7 Å². The van der Waals surface area contributed by atoms with E-state index in [2.05, 4.69) is 52.8 Å². The first-order valence-corrected chi connectivity index (χ1v) is 13.8. The molecule has 144 valence electrons. The molecule has 0 saturated carbocycles. The standard InChI is InChI=1S/C13H25N5S7/c14-11-16-12(15)18-13(17-11)25-4-3-24-10(6-21)8-22-7-9(5-20)23-2-1-19/h9-10,19-21H,1-8H2,(H4,14,15,16,17,18). The fourth-order valence-electron chi connectivity index (χ4n) is 1.66. The number of thioether (sulfide) groups is 4. The second-order valence-corrected chi connectivity index (χ2v) is 10.9. The van der Waals surface area contributed by atoms with Crippen LogP contribution in [0, 0.1) is 0 Å². The molecule has 0 aliphatic heterocycles. The Balaban J connectivity index is 2.20. The van der Waals surface area contributed by atoms with Crippen LogP contribution in [0.3, 0.4) is 0 Å². The molecule has 12 heteroatoms. The molecule has 1 rings (SSSR count). The summed E-state index contributed by atoms with van der Waals surface area (Å²) >= 11 is 20.6. The summed E-state index contributed by atoms with van der Waals surface area (Å²) in [5.41, 5.74) is 11.1. The van der Waals surface area contributed by atoms with E-state index in [4.69, 9.17) is 11.5 Å². The van der Waals surface area contributed by atoms with Crippen LogP contribution in [0.25, 0.3) is 0 Å². The summed E-state index contributed by atoms with van der Waals surface area (Å²) in [6, 6.07) is 0. The molecule has 1 aromatic rings. The Morgan fingerprint density at radius 1 is 0.800 bits per heavy atom. The van der Waals surface area contributed by atoms with Gasteiger partial charge in [-0.25, -0.2) is 0 Å². The normalized spacial score (nSPS) is 13.7. The Kier molecular flexibility index (Phi) is 14.5. The van der Waals surface area contributed by atoms with Crippen molar-refractivity contribution in [3.05, 3.63) is 0 Å². The second kappa shape index (κ2) is 15.0. The summed E-state index contributed by atoms with van der Waals surface area (Å²) in [6.45, 7) is 0. The van der Waals surface area contributed by atoms with Crippen molar-refractivity contribution in [2.45, 2.75) is 15.7 Å². The van der Waals surface area contributed by atoms with Crippen molar-refractivity contribution in [1.29, 1.82) is 0 Å². The summed E-state index contributed by atoms with van der Waals surface area (Å²) in [6.07, 6.45) is 0. The van der Waals surface area contributed by atoms with E-state index in [9.17, 15) is 0 Å². The maximum atomic E-state index is 5.57. The zero-order chi connectivity index (χ0) is 18.5. The monoisotopic (exact) mass is 475 g/mol. The minimum absolute atomic E-state index is 0.168. The third kappa shape index (κ3) is 11.5. The minimum atomic E-state index is 0.168. The maximum Gasteiger partial charge on any atom is 0.225 e. The first kappa shape index (κ1) is 24.1. The number of nitrogens with two attached hydrogens (primary N) is 2. The molecule has 2 atom stereocenters. The Morgan fingerprint density at radius 2 is 1.36 bits per heavy atom. The van der Waals surface area contributed by atoms with Gasteiger partial charge in [0.2, 0.25) is 11.9 Å². The summed E-state index contributed by atoms with van der Waals surface area (Å²) < 4.78 is 0.